The van der Waals surface area contributed by atoms with Crippen LogP contribution in [0.5, 0.6) is 0 Å². The Bertz CT molecular complexity index is 775. The van der Waals surface area contributed by atoms with Crippen molar-refractivity contribution in [1.82, 2.24) is 29.9 Å². The zero-order valence-corrected chi connectivity index (χ0v) is 11.0. The summed E-state index contributed by atoms with van der Waals surface area (Å²) in [5.41, 5.74) is 1.26. The second kappa shape index (κ2) is 4.26. The molecule has 0 atom stereocenters. The minimum atomic E-state index is 0.492. The Morgan fingerprint density at radius 2 is 2.30 bits per heavy atom. The second-order valence-corrected chi connectivity index (χ2v) is 4.81. The molecule has 0 aromatic carbocycles. The van der Waals surface area contributed by atoms with Crippen molar-refractivity contribution in [2.45, 2.75) is 32.9 Å². The molecule has 0 fully saturated rings. The summed E-state index contributed by atoms with van der Waals surface area (Å²) in [6.45, 7) is 3.43. The van der Waals surface area contributed by atoms with Gasteiger partial charge >= 0.3 is 0 Å². The standard InChI is InChI=1S/C12H13N7O/c1-7-10-11(14-6-15-12(10)20-18-7)13-5-9-17-16-8-3-2-4-19(8)9/h6H,2-5H2,1H3,(H,13,14,15). The third-order valence-corrected chi connectivity index (χ3v) is 3.54. The van der Waals surface area contributed by atoms with E-state index in [0.29, 0.717) is 18.1 Å². The molecule has 0 saturated carbocycles. The van der Waals surface area contributed by atoms with Crippen LogP contribution in [0.1, 0.15) is 23.8 Å². The van der Waals surface area contributed by atoms with Crippen molar-refractivity contribution in [3.05, 3.63) is 23.7 Å². The smallest absolute Gasteiger partial charge is 0.263 e. The first kappa shape index (κ1) is 11.3. The first-order valence-electron chi connectivity index (χ1n) is 6.55. The predicted octanol–water partition coefficient (Wildman–Crippen LogP) is 1.08. The summed E-state index contributed by atoms with van der Waals surface area (Å²) in [6.07, 6.45) is 3.61. The molecule has 8 nitrogen and oxygen atoms in total. The van der Waals surface area contributed by atoms with Crippen molar-refractivity contribution in [3.63, 3.8) is 0 Å². The topological polar surface area (TPSA) is 94.6 Å². The molecule has 4 rings (SSSR count). The lowest BCUT2D eigenvalue weighted by atomic mass is 10.3. The molecule has 0 aliphatic carbocycles. The predicted molar refractivity (Wildman–Crippen MR) is 70.0 cm³/mol. The summed E-state index contributed by atoms with van der Waals surface area (Å²) >= 11 is 0. The van der Waals surface area contributed by atoms with E-state index in [1.807, 2.05) is 6.92 Å². The lowest BCUT2D eigenvalue weighted by molar-refractivity contribution is 0.442. The maximum Gasteiger partial charge on any atom is 0.263 e. The third-order valence-electron chi connectivity index (χ3n) is 3.54. The normalized spacial score (nSPS) is 13.8. The number of nitrogens with one attached hydrogen (secondary N) is 1. The Labute approximate surface area is 114 Å². The van der Waals surface area contributed by atoms with Crippen LogP contribution in [0.4, 0.5) is 5.82 Å². The molecule has 102 valence electrons. The maximum absolute atomic E-state index is 5.13. The Balaban J connectivity index is 1.63. The monoisotopic (exact) mass is 271 g/mol. The van der Waals surface area contributed by atoms with Crippen LogP contribution >= 0.6 is 0 Å². The van der Waals surface area contributed by atoms with Gasteiger partial charge in [0.05, 0.1) is 12.2 Å². The maximum atomic E-state index is 5.13. The van der Waals surface area contributed by atoms with Crippen molar-refractivity contribution in [2.75, 3.05) is 5.32 Å². The zero-order valence-electron chi connectivity index (χ0n) is 11.0. The van der Waals surface area contributed by atoms with E-state index in [4.69, 9.17) is 4.52 Å². The van der Waals surface area contributed by atoms with Crippen LogP contribution in [0.3, 0.4) is 0 Å². The van der Waals surface area contributed by atoms with Gasteiger partial charge in [-0.3, -0.25) is 0 Å². The molecule has 3 aromatic heterocycles. The summed E-state index contributed by atoms with van der Waals surface area (Å²) in [5, 5.41) is 16.4. The quantitative estimate of drug-likeness (QED) is 0.761. The summed E-state index contributed by atoms with van der Waals surface area (Å²) in [4.78, 5) is 8.31. The molecule has 0 unspecified atom stereocenters. The Morgan fingerprint density at radius 3 is 3.25 bits per heavy atom. The van der Waals surface area contributed by atoms with Crippen molar-refractivity contribution in [2.24, 2.45) is 0 Å². The fraction of sp³-hybridized carbons (Fsp3) is 0.417. The van der Waals surface area contributed by atoms with E-state index in [1.54, 1.807) is 0 Å². The first-order chi connectivity index (χ1) is 9.83. The minimum Gasteiger partial charge on any atom is -0.362 e. The van der Waals surface area contributed by atoms with Gasteiger partial charge in [0.15, 0.2) is 5.82 Å². The average molecular weight is 271 g/mol. The molecular weight excluding hydrogens is 258 g/mol. The van der Waals surface area contributed by atoms with Crippen molar-refractivity contribution >= 4 is 16.9 Å². The molecule has 1 N–H and O–H groups in total. The summed E-state index contributed by atoms with van der Waals surface area (Å²) in [5.74, 6) is 2.71. The minimum absolute atomic E-state index is 0.492. The molecular formula is C12H13N7O. The molecule has 4 heterocycles. The number of hydrogen-bond donors (Lipinski definition) is 1. The van der Waals surface area contributed by atoms with Crippen LogP contribution in [0.2, 0.25) is 0 Å². The highest BCUT2D eigenvalue weighted by Crippen LogP contribution is 2.23. The van der Waals surface area contributed by atoms with Gasteiger partial charge in [0.2, 0.25) is 0 Å². The third kappa shape index (κ3) is 1.64. The number of rotatable bonds is 3. The van der Waals surface area contributed by atoms with Gasteiger partial charge in [-0.25, -0.2) is 4.98 Å². The number of hydrogen-bond acceptors (Lipinski definition) is 7. The zero-order chi connectivity index (χ0) is 13.5. The van der Waals surface area contributed by atoms with Crippen LogP contribution < -0.4 is 5.32 Å². The molecule has 20 heavy (non-hydrogen) atoms. The van der Waals surface area contributed by atoms with Gasteiger partial charge in [0, 0.05) is 13.0 Å². The number of aryl methyl sites for hydroxylation is 2. The molecule has 1 aliphatic rings. The molecule has 0 bridgehead atoms. The first-order valence-corrected chi connectivity index (χ1v) is 6.55. The van der Waals surface area contributed by atoms with Gasteiger partial charge < -0.3 is 14.4 Å². The van der Waals surface area contributed by atoms with Gasteiger partial charge in [-0.05, 0) is 13.3 Å². The van der Waals surface area contributed by atoms with Gasteiger partial charge in [-0.1, -0.05) is 5.16 Å². The number of fused-ring (bicyclic) bond motifs is 2. The molecule has 1 aliphatic heterocycles. The lowest BCUT2D eigenvalue weighted by Crippen LogP contribution is -2.09. The highest BCUT2D eigenvalue weighted by Gasteiger charge is 2.18. The Kier molecular flexibility index (Phi) is 2.41. The largest absolute Gasteiger partial charge is 0.362 e. The number of anilines is 1. The van der Waals surface area contributed by atoms with E-state index >= 15 is 0 Å². The Hall–Kier alpha value is -2.51. The van der Waals surface area contributed by atoms with E-state index in [1.165, 1.54) is 6.33 Å². The van der Waals surface area contributed by atoms with Crippen molar-refractivity contribution in [3.8, 4) is 0 Å². The molecule has 0 spiro atoms. The fourth-order valence-electron chi connectivity index (χ4n) is 2.56. The van der Waals surface area contributed by atoms with Crippen molar-refractivity contribution in [1.29, 1.82) is 0 Å². The molecule has 0 amide bonds. The SMILES string of the molecule is Cc1noc2ncnc(NCc3nnc4n3CCC4)c12. The van der Waals surface area contributed by atoms with E-state index in [0.717, 1.165) is 42.1 Å². The van der Waals surface area contributed by atoms with Gasteiger partial charge in [-0.15, -0.1) is 10.2 Å². The van der Waals surface area contributed by atoms with Crippen LogP contribution in [0.15, 0.2) is 10.9 Å². The molecule has 0 saturated heterocycles. The van der Waals surface area contributed by atoms with Crippen molar-refractivity contribution < 1.29 is 4.52 Å². The fourth-order valence-corrected chi connectivity index (χ4v) is 2.56. The van der Waals surface area contributed by atoms with E-state index in [9.17, 15) is 0 Å². The number of nitrogens with zero attached hydrogens (tertiary/aromatic N) is 6. The molecule has 8 heteroatoms. The van der Waals surface area contributed by atoms with Gasteiger partial charge in [0.25, 0.3) is 5.71 Å². The Morgan fingerprint density at radius 1 is 1.35 bits per heavy atom. The molecule has 0 radical (unpaired) electrons. The summed E-state index contributed by atoms with van der Waals surface area (Å²) in [7, 11) is 0. The van der Waals surface area contributed by atoms with Crippen LogP contribution in [-0.2, 0) is 19.5 Å². The molecule has 3 aromatic rings. The van der Waals surface area contributed by atoms with Crippen LogP contribution in [0.25, 0.3) is 11.1 Å². The number of aromatic nitrogens is 6. The van der Waals surface area contributed by atoms with E-state index < -0.39 is 0 Å². The van der Waals surface area contributed by atoms with E-state index in [2.05, 4.69) is 35.2 Å². The lowest BCUT2D eigenvalue weighted by Gasteiger charge is -2.06. The highest BCUT2D eigenvalue weighted by atomic mass is 16.5. The second-order valence-electron chi connectivity index (χ2n) is 4.81. The highest BCUT2D eigenvalue weighted by molar-refractivity contribution is 5.87. The summed E-state index contributed by atoms with van der Waals surface area (Å²) < 4.78 is 7.28. The van der Waals surface area contributed by atoms with Crippen LogP contribution in [0, 0.1) is 6.92 Å². The van der Waals surface area contributed by atoms with Gasteiger partial charge in [0.1, 0.15) is 23.4 Å². The van der Waals surface area contributed by atoms with E-state index in [-0.39, 0.29) is 0 Å². The summed E-state index contributed by atoms with van der Waals surface area (Å²) in [6, 6.07) is 0. The van der Waals surface area contributed by atoms with Gasteiger partial charge in [-0.2, -0.15) is 4.98 Å². The van der Waals surface area contributed by atoms with Crippen LogP contribution in [-0.4, -0.2) is 29.9 Å². The average Bonchev–Trinajstić information content (AvgIpc) is 3.13.